The molecule has 0 fully saturated rings. The van der Waals surface area contributed by atoms with Gasteiger partial charge in [0, 0.05) is 30.5 Å². The Hall–Kier alpha value is -3.16. The fraction of sp³-hybridized carbons (Fsp3) is 0.300. The van der Waals surface area contributed by atoms with Crippen molar-refractivity contribution in [2.75, 3.05) is 0 Å². The number of nitrogens with one attached hydrogen (secondary N) is 2. The van der Waals surface area contributed by atoms with E-state index in [4.69, 9.17) is 16.6 Å². The van der Waals surface area contributed by atoms with Crippen LogP contribution in [-0.4, -0.2) is 26.9 Å². The maximum Gasteiger partial charge on any atom is 0.146 e. The summed E-state index contributed by atoms with van der Waals surface area (Å²) in [6, 6.07) is 3.31. The highest BCUT2D eigenvalue weighted by atomic mass is 19.1. The first kappa shape index (κ1) is 19.6. The minimum atomic E-state index is -0.725. The van der Waals surface area contributed by atoms with E-state index in [9.17, 15) is 8.78 Å². The third kappa shape index (κ3) is 3.90. The number of amidine groups is 2. The van der Waals surface area contributed by atoms with Gasteiger partial charge in [0.05, 0.1) is 11.4 Å². The lowest BCUT2D eigenvalue weighted by atomic mass is 10.1. The second kappa shape index (κ2) is 7.84. The van der Waals surface area contributed by atoms with Crippen molar-refractivity contribution in [2.45, 2.75) is 33.2 Å². The summed E-state index contributed by atoms with van der Waals surface area (Å²) in [4.78, 5) is 8.47. The van der Waals surface area contributed by atoms with Crippen LogP contribution in [0, 0.1) is 28.4 Å². The van der Waals surface area contributed by atoms with Crippen LogP contribution < -0.4 is 5.73 Å². The molecule has 0 saturated carbocycles. The zero-order valence-electron chi connectivity index (χ0n) is 15.8. The van der Waals surface area contributed by atoms with Gasteiger partial charge in [0.15, 0.2) is 0 Å². The second-order valence-corrected chi connectivity index (χ2v) is 6.93. The van der Waals surface area contributed by atoms with Crippen LogP contribution in [0.25, 0.3) is 11.3 Å². The Labute approximate surface area is 161 Å². The van der Waals surface area contributed by atoms with E-state index in [1.54, 1.807) is 0 Å². The SMILES string of the molecule is CC(C)C(N)=NC(=N)/C=C\C(=N)c1c(-c2ccc(F)cc2F)nc2n1CCC2. The van der Waals surface area contributed by atoms with Gasteiger partial charge in [0.1, 0.15) is 34.8 Å². The van der Waals surface area contributed by atoms with Gasteiger partial charge in [-0.1, -0.05) is 13.8 Å². The van der Waals surface area contributed by atoms with Crippen molar-refractivity contribution in [3.05, 3.63) is 53.5 Å². The van der Waals surface area contributed by atoms with Crippen molar-refractivity contribution in [2.24, 2.45) is 16.6 Å². The largest absolute Gasteiger partial charge is 0.387 e. The Balaban J connectivity index is 1.97. The summed E-state index contributed by atoms with van der Waals surface area (Å²) in [7, 11) is 0. The first-order valence-corrected chi connectivity index (χ1v) is 9.02. The number of benzene rings is 1. The molecule has 0 aliphatic carbocycles. The van der Waals surface area contributed by atoms with Crippen molar-refractivity contribution in [3.63, 3.8) is 0 Å². The topological polar surface area (TPSA) is 104 Å². The standard InChI is InChI=1S/C20H22F2N6/c1-11(2)20(25)26-16(24)8-7-15(23)19-18(27-17-4-3-9-28(17)19)13-6-5-12(21)10-14(13)22/h5-8,10-11,23H,3-4,9H2,1-2H3,(H3,24,25,26)/b8-7-,23-15?. The summed E-state index contributed by atoms with van der Waals surface area (Å²) in [5.74, 6) is -0.356. The molecule has 0 spiro atoms. The van der Waals surface area contributed by atoms with Gasteiger partial charge >= 0.3 is 0 Å². The molecule has 3 rings (SSSR count). The molecule has 1 aliphatic rings. The van der Waals surface area contributed by atoms with E-state index in [-0.39, 0.29) is 23.0 Å². The number of nitrogens with zero attached hydrogens (tertiary/aromatic N) is 3. The van der Waals surface area contributed by atoms with Crippen LogP contribution in [0.15, 0.2) is 35.3 Å². The molecule has 0 amide bonds. The lowest BCUT2D eigenvalue weighted by Gasteiger charge is -2.08. The molecule has 0 unspecified atom stereocenters. The predicted octanol–water partition coefficient (Wildman–Crippen LogP) is 3.69. The Bertz CT molecular complexity index is 1000. The molecule has 1 aliphatic heterocycles. The number of rotatable bonds is 5. The van der Waals surface area contributed by atoms with Crippen molar-refractivity contribution in [1.82, 2.24) is 9.55 Å². The van der Waals surface area contributed by atoms with E-state index in [1.165, 1.54) is 24.3 Å². The number of halogens is 2. The third-order valence-electron chi connectivity index (χ3n) is 4.52. The van der Waals surface area contributed by atoms with Crippen LogP contribution in [-0.2, 0) is 13.0 Å². The minimum Gasteiger partial charge on any atom is -0.387 e. The minimum absolute atomic E-state index is 0.0133. The van der Waals surface area contributed by atoms with E-state index < -0.39 is 11.6 Å². The Morgan fingerprint density at radius 1 is 1.29 bits per heavy atom. The lowest BCUT2D eigenvalue weighted by molar-refractivity contribution is 0.585. The fourth-order valence-corrected chi connectivity index (χ4v) is 3.02. The molecular formula is C20H22F2N6. The summed E-state index contributed by atoms with van der Waals surface area (Å²) in [5.41, 5.74) is 6.73. The molecule has 0 atom stereocenters. The number of aromatic nitrogens is 2. The van der Waals surface area contributed by atoms with Gasteiger partial charge in [0.2, 0.25) is 0 Å². The average molecular weight is 384 g/mol. The van der Waals surface area contributed by atoms with Gasteiger partial charge in [-0.15, -0.1) is 0 Å². The van der Waals surface area contributed by atoms with Crippen molar-refractivity contribution in [3.8, 4) is 11.3 Å². The molecule has 28 heavy (non-hydrogen) atoms. The first-order chi connectivity index (χ1) is 13.3. The van der Waals surface area contributed by atoms with Gasteiger partial charge in [-0.25, -0.2) is 18.8 Å². The maximum atomic E-state index is 14.3. The van der Waals surface area contributed by atoms with Gasteiger partial charge in [-0.2, -0.15) is 0 Å². The molecule has 146 valence electrons. The molecular weight excluding hydrogens is 362 g/mol. The number of aryl methyl sites for hydroxylation is 1. The number of nitrogens with two attached hydrogens (primary N) is 1. The van der Waals surface area contributed by atoms with E-state index >= 15 is 0 Å². The fourth-order valence-electron chi connectivity index (χ4n) is 3.02. The monoisotopic (exact) mass is 384 g/mol. The molecule has 1 aromatic carbocycles. The van der Waals surface area contributed by atoms with Crippen LogP contribution in [0.5, 0.6) is 0 Å². The number of imidazole rings is 1. The summed E-state index contributed by atoms with van der Waals surface area (Å²) in [6.07, 6.45) is 4.42. The van der Waals surface area contributed by atoms with Gasteiger partial charge < -0.3 is 10.3 Å². The van der Waals surface area contributed by atoms with E-state index in [0.29, 0.717) is 23.8 Å². The quantitative estimate of drug-likeness (QED) is 0.540. The highest BCUT2D eigenvalue weighted by molar-refractivity contribution is 6.12. The Kier molecular flexibility index (Phi) is 5.48. The number of fused-ring (bicyclic) bond motifs is 1. The number of hydrogen-bond acceptors (Lipinski definition) is 3. The summed E-state index contributed by atoms with van der Waals surface area (Å²) >= 11 is 0. The Morgan fingerprint density at radius 2 is 2.04 bits per heavy atom. The maximum absolute atomic E-state index is 14.3. The van der Waals surface area contributed by atoms with Crippen LogP contribution in [0.1, 0.15) is 31.8 Å². The lowest BCUT2D eigenvalue weighted by Crippen LogP contribution is -2.20. The molecule has 4 N–H and O–H groups in total. The molecule has 2 heterocycles. The van der Waals surface area contributed by atoms with Gasteiger partial charge in [-0.3, -0.25) is 10.8 Å². The second-order valence-electron chi connectivity index (χ2n) is 6.93. The molecule has 8 heteroatoms. The molecule has 0 bridgehead atoms. The van der Waals surface area contributed by atoms with Crippen molar-refractivity contribution in [1.29, 1.82) is 10.8 Å². The molecule has 0 radical (unpaired) electrons. The zero-order chi connectivity index (χ0) is 20.4. The van der Waals surface area contributed by atoms with Crippen molar-refractivity contribution < 1.29 is 8.78 Å². The zero-order valence-corrected chi connectivity index (χ0v) is 15.8. The summed E-state index contributed by atoms with van der Waals surface area (Å²) in [5, 5.41) is 16.3. The Morgan fingerprint density at radius 3 is 2.71 bits per heavy atom. The van der Waals surface area contributed by atoms with Crippen molar-refractivity contribution >= 4 is 17.4 Å². The highest BCUT2D eigenvalue weighted by Gasteiger charge is 2.25. The smallest absolute Gasteiger partial charge is 0.146 e. The molecule has 0 saturated heterocycles. The summed E-state index contributed by atoms with van der Waals surface area (Å²) < 4.78 is 29.5. The first-order valence-electron chi connectivity index (χ1n) is 9.02. The van der Waals surface area contributed by atoms with Crippen LogP contribution in [0.4, 0.5) is 8.78 Å². The van der Waals surface area contributed by atoms with E-state index in [2.05, 4.69) is 9.98 Å². The van der Waals surface area contributed by atoms with Gasteiger partial charge in [0.25, 0.3) is 0 Å². The van der Waals surface area contributed by atoms with Crippen LogP contribution in [0.2, 0.25) is 0 Å². The normalized spacial score (nSPS) is 14.1. The van der Waals surface area contributed by atoms with Gasteiger partial charge in [-0.05, 0) is 30.7 Å². The molecule has 1 aromatic heterocycles. The number of hydrogen-bond donors (Lipinski definition) is 3. The highest BCUT2D eigenvalue weighted by Crippen LogP contribution is 2.30. The summed E-state index contributed by atoms with van der Waals surface area (Å²) in [6.45, 7) is 4.42. The van der Waals surface area contributed by atoms with Crippen LogP contribution in [0.3, 0.4) is 0 Å². The third-order valence-corrected chi connectivity index (χ3v) is 4.52. The molecule has 2 aromatic rings. The van der Waals surface area contributed by atoms with Crippen LogP contribution >= 0.6 is 0 Å². The average Bonchev–Trinajstić information content (AvgIpc) is 3.20. The number of allylic oxidation sites excluding steroid dienone is 1. The predicted molar refractivity (Wildman–Crippen MR) is 106 cm³/mol. The molecule has 6 nitrogen and oxygen atoms in total. The number of aliphatic imine (C=N–C) groups is 1. The van der Waals surface area contributed by atoms with E-state index in [1.807, 2.05) is 18.4 Å². The van der Waals surface area contributed by atoms with E-state index in [0.717, 1.165) is 24.7 Å².